The first kappa shape index (κ1) is 19.8. The lowest BCUT2D eigenvalue weighted by Crippen LogP contribution is -2.27. The van der Waals surface area contributed by atoms with Gasteiger partial charge in [-0.3, -0.25) is 4.79 Å². The van der Waals surface area contributed by atoms with E-state index in [1.54, 1.807) is 57.2 Å². The number of benzene rings is 2. The van der Waals surface area contributed by atoms with Gasteiger partial charge in [0.2, 0.25) is 5.91 Å². The normalized spacial score (nSPS) is 12.2. The molecular weight excluding hydrogens is 354 g/mol. The molecule has 138 valence electrons. The van der Waals surface area contributed by atoms with Crippen molar-refractivity contribution in [1.82, 2.24) is 0 Å². The number of rotatable bonds is 6. The molecule has 5 nitrogen and oxygen atoms in total. The van der Waals surface area contributed by atoms with Crippen LogP contribution in [0, 0.1) is 0 Å². The quantitative estimate of drug-likeness (QED) is 0.603. The summed E-state index contributed by atoms with van der Waals surface area (Å²) in [5, 5.41) is 1.86. The summed E-state index contributed by atoms with van der Waals surface area (Å²) in [7, 11) is 0. The van der Waals surface area contributed by atoms with Gasteiger partial charge in [0.15, 0.2) is 6.61 Å². The molecule has 0 radical (unpaired) electrons. The zero-order valence-electron chi connectivity index (χ0n) is 15.0. The number of ether oxygens (including phenoxy) is 2. The van der Waals surface area contributed by atoms with Crippen molar-refractivity contribution < 1.29 is 19.1 Å². The molecule has 0 aromatic heterocycles. The Morgan fingerprint density at radius 3 is 2.42 bits per heavy atom. The largest absolute Gasteiger partial charge is 0.482 e. The predicted molar refractivity (Wildman–Crippen MR) is 101 cm³/mol. The van der Waals surface area contributed by atoms with Crippen molar-refractivity contribution in [3.63, 3.8) is 0 Å². The molecule has 0 bridgehead atoms. The van der Waals surface area contributed by atoms with Gasteiger partial charge in [0, 0.05) is 5.69 Å². The number of carbonyl (C=O) groups excluding carboxylic acids is 2. The van der Waals surface area contributed by atoms with Crippen LogP contribution in [0.3, 0.4) is 0 Å². The molecule has 0 spiro atoms. The van der Waals surface area contributed by atoms with E-state index in [1.807, 2.05) is 18.2 Å². The number of nitrogens with one attached hydrogen (secondary N) is 1. The third-order valence-corrected chi connectivity index (χ3v) is 3.65. The molecule has 2 rings (SSSR count). The second-order valence-corrected chi connectivity index (χ2v) is 7.10. The van der Waals surface area contributed by atoms with Crippen molar-refractivity contribution >= 4 is 29.2 Å². The minimum atomic E-state index is -0.889. The number of hydrogen-bond acceptors (Lipinski definition) is 4. The highest BCUT2D eigenvalue weighted by molar-refractivity contribution is 6.32. The van der Waals surface area contributed by atoms with E-state index in [1.165, 1.54) is 0 Å². The molecule has 1 amide bonds. The molecule has 1 N–H and O–H groups in total. The lowest BCUT2D eigenvalue weighted by Gasteiger charge is -2.19. The summed E-state index contributed by atoms with van der Waals surface area (Å²) in [4.78, 5) is 24.0. The first-order chi connectivity index (χ1) is 12.2. The van der Waals surface area contributed by atoms with Crippen LogP contribution >= 0.6 is 11.6 Å². The van der Waals surface area contributed by atoms with E-state index in [0.717, 1.165) is 0 Å². The predicted octanol–water partition coefficient (Wildman–Crippen LogP) is 4.33. The van der Waals surface area contributed by atoms with Crippen LogP contribution in [-0.4, -0.2) is 24.1 Å². The molecule has 1 atom stereocenters. The van der Waals surface area contributed by atoms with Crippen molar-refractivity contribution in [1.29, 1.82) is 0 Å². The molecule has 1 unspecified atom stereocenters. The van der Waals surface area contributed by atoms with Crippen molar-refractivity contribution in [3.05, 3.63) is 60.2 Å². The number of anilines is 1. The first-order valence-corrected chi connectivity index (χ1v) is 8.63. The van der Waals surface area contributed by atoms with Gasteiger partial charge in [-0.1, -0.05) is 30.3 Å². The van der Waals surface area contributed by atoms with Gasteiger partial charge in [0.05, 0.1) is 0 Å². The molecule has 2 aromatic rings. The van der Waals surface area contributed by atoms with Crippen molar-refractivity contribution in [2.24, 2.45) is 0 Å². The standard InChI is InChI=1S/C20H22ClNO4/c1-20(2,3)26-17(23)13-25-16-11-7-8-14(12-16)18(21)19(24)22-15-9-5-4-6-10-15/h4-12,18H,13H2,1-3H3,(H,22,24). The fourth-order valence-electron chi connectivity index (χ4n) is 2.15. The molecule has 2 aromatic carbocycles. The summed E-state index contributed by atoms with van der Waals surface area (Å²) < 4.78 is 10.6. The number of esters is 1. The van der Waals surface area contributed by atoms with Crippen molar-refractivity contribution in [2.45, 2.75) is 31.7 Å². The molecule has 0 heterocycles. The van der Waals surface area contributed by atoms with Gasteiger partial charge in [-0.05, 0) is 50.6 Å². The Morgan fingerprint density at radius 1 is 1.08 bits per heavy atom. The van der Waals surface area contributed by atoms with Gasteiger partial charge < -0.3 is 14.8 Å². The van der Waals surface area contributed by atoms with Gasteiger partial charge in [0.1, 0.15) is 16.7 Å². The molecule has 0 aliphatic rings. The molecule has 6 heteroatoms. The van der Waals surface area contributed by atoms with E-state index in [4.69, 9.17) is 21.1 Å². The average molecular weight is 376 g/mol. The van der Waals surface area contributed by atoms with Crippen LogP contribution in [0.4, 0.5) is 5.69 Å². The highest BCUT2D eigenvalue weighted by atomic mass is 35.5. The van der Waals surface area contributed by atoms with E-state index in [-0.39, 0.29) is 12.5 Å². The highest BCUT2D eigenvalue weighted by Gasteiger charge is 2.19. The second kappa shape index (κ2) is 8.72. The zero-order valence-corrected chi connectivity index (χ0v) is 15.7. The van der Waals surface area contributed by atoms with E-state index >= 15 is 0 Å². The van der Waals surface area contributed by atoms with E-state index in [9.17, 15) is 9.59 Å². The van der Waals surface area contributed by atoms with Gasteiger partial charge >= 0.3 is 5.97 Å². The second-order valence-electron chi connectivity index (χ2n) is 6.67. The summed E-state index contributed by atoms with van der Waals surface area (Å²) in [6.07, 6.45) is 0. The van der Waals surface area contributed by atoms with E-state index < -0.39 is 16.9 Å². The van der Waals surface area contributed by atoms with Crippen LogP contribution in [0.25, 0.3) is 0 Å². The molecule has 0 aliphatic carbocycles. The Balaban J connectivity index is 1.97. The monoisotopic (exact) mass is 375 g/mol. The number of para-hydroxylation sites is 1. The highest BCUT2D eigenvalue weighted by Crippen LogP contribution is 2.26. The third-order valence-electron chi connectivity index (χ3n) is 3.20. The zero-order chi connectivity index (χ0) is 19.2. The molecule has 26 heavy (non-hydrogen) atoms. The fourth-order valence-corrected chi connectivity index (χ4v) is 2.34. The summed E-state index contributed by atoms with van der Waals surface area (Å²) in [5.41, 5.74) is 0.668. The number of alkyl halides is 1. The van der Waals surface area contributed by atoms with Crippen LogP contribution in [0.2, 0.25) is 0 Å². The Hall–Kier alpha value is -2.53. The first-order valence-electron chi connectivity index (χ1n) is 8.19. The smallest absolute Gasteiger partial charge is 0.344 e. The van der Waals surface area contributed by atoms with Crippen LogP contribution < -0.4 is 10.1 Å². The minimum absolute atomic E-state index is 0.218. The van der Waals surface area contributed by atoms with Crippen LogP contribution in [0.1, 0.15) is 31.7 Å². The van der Waals surface area contributed by atoms with Gasteiger partial charge in [-0.2, -0.15) is 0 Å². The van der Waals surface area contributed by atoms with Gasteiger partial charge in [-0.15, -0.1) is 11.6 Å². The van der Waals surface area contributed by atoms with Crippen LogP contribution in [0.5, 0.6) is 5.75 Å². The number of carbonyl (C=O) groups is 2. The molecule has 0 saturated heterocycles. The number of halogens is 1. The Kier molecular flexibility index (Phi) is 6.64. The maximum atomic E-state index is 12.3. The lowest BCUT2D eigenvalue weighted by atomic mass is 10.1. The summed E-state index contributed by atoms with van der Waals surface area (Å²) in [6.45, 7) is 5.14. The minimum Gasteiger partial charge on any atom is -0.482 e. The maximum absolute atomic E-state index is 12.3. The molecule has 0 fully saturated rings. The SMILES string of the molecule is CC(C)(C)OC(=O)COc1cccc(C(Cl)C(=O)Nc2ccccc2)c1. The summed E-state index contributed by atoms with van der Waals surface area (Å²) >= 11 is 6.27. The Bertz CT molecular complexity index is 756. The molecular formula is C20H22ClNO4. The summed E-state index contributed by atoms with van der Waals surface area (Å²) in [6, 6.07) is 15.8. The third kappa shape index (κ3) is 6.41. The van der Waals surface area contributed by atoms with Gasteiger partial charge in [-0.25, -0.2) is 4.79 Å². The van der Waals surface area contributed by atoms with E-state index in [0.29, 0.717) is 17.0 Å². The maximum Gasteiger partial charge on any atom is 0.344 e. The van der Waals surface area contributed by atoms with Crippen LogP contribution in [0.15, 0.2) is 54.6 Å². The Morgan fingerprint density at radius 2 is 1.77 bits per heavy atom. The van der Waals surface area contributed by atoms with E-state index in [2.05, 4.69) is 5.32 Å². The van der Waals surface area contributed by atoms with Crippen molar-refractivity contribution in [3.8, 4) is 5.75 Å². The lowest BCUT2D eigenvalue weighted by molar-refractivity contribution is -0.157. The Labute approximate surface area is 158 Å². The fraction of sp³-hybridized carbons (Fsp3) is 0.300. The molecule has 0 aliphatic heterocycles. The topological polar surface area (TPSA) is 64.6 Å². The van der Waals surface area contributed by atoms with Crippen LogP contribution in [-0.2, 0) is 14.3 Å². The van der Waals surface area contributed by atoms with Crippen molar-refractivity contribution in [2.75, 3.05) is 11.9 Å². The summed E-state index contributed by atoms with van der Waals surface area (Å²) in [5.74, 6) is -0.374. The number of amides is 1. The average Bonchev–Trinajstić information content (AvgIpc) is 2.59. The molecule has 0 saturated carbocycles. The number of hydrogen-bond donors (Lipinski definition) is 1. The van der Waals surface area contributed by atoms with Gasteiger partial charge in [0.25, 0.3) is 0 Å².